The van der Waals surface area contributed by atoms with Gasteiger partial charge >= 0.3 is 17.9 Å². The molecule has 0 amide bonds. The van der Waals surface area contributed by atoms with E-state index in [0.717, 1.165) is 16.0 Å². The first-order chi connectivity index (χ1) is 17.8. The van der Waals surface area contributed by atoms with Gasteiger partial charge in [0.25, 0.3) is 0 Å². The maximum absolute atomic E-state index is 13.0. The number of carbonyl (C=O) groups excluding carboxylic acids is 3. The van der Waals surface area contributed by atoms with E-state index < -0.39 is 17.9 Å². The molecule has 0 bridgehead atoms. The number of benzene rings is 2. The van der Waals surface area contributed by atoms with Crippen LogP contribution in [-0.4, -0.2) is 42.8 Å². The molecule has 0 fully saturated rings. The fourth-order valence-corrected chi connectivity index (χ4v) is 4.97. The third-order valence-corrected chi connectivity index (χ3v) is 6.29. The Morgan fingerprint density at radius 1 is 0.811 bits per heavy atom. The van der Waals surface area contributed by atoms with Crippen LogP contribution in [0.4, 0.5) is 10.7 Å². The van der Waals surface area contributed by atoms with Gasteiger partial charge in [-0.15, -0.1) is 11.3 Å². The molecular formula is C27H28N2O6S2. The van der Waals surface area contributed by atoms with Gasteiger partial charge in [0.1, 0.15) is 10.6 Å². The van der Waals surface area contributed by atoms with E-state index in [1.807, 2.05) is 37.3 Å². The lowest BCUT2D eigenvalue weighted by molar-refractivity contribution is 0.0513. The molecule has 3 aromatic rings. The van der Waals surface area contributed by atoms with Gasteiger partial charge in [-0.3, -0.25) is 0 Å². The Morgan fingerprint density at radius 3 is 1.89 bits per heavy atom. The molecule has 10 heteroatoms. The summed E-state index contributed by atoms with van der Waals surface area (Å²) in [7, 11) is 0. The maximum Gasteiger partial charge on any atom is 0.341 e. The third-order valence-electron chi connectivity index (χ3n) is 5.07. The summed E-state index contributed by atoms with van der Waals surface area (Å²) in [5.41, 5.74) is 2.75. The average molecular weight is 541 g/mol. The predicted molar refractivity (Wildman–Crippen MR) is 149 cm³/mol. The number of rotatable bonds is 9. The van der Waals surface area contributed by atoms with Gasteiger partial charge in [-0.25, -0.2) is 14.4 Å². The van der Waals surface area contributed by atoms with Gasteiger partial charge in [-0.2, -0.15) is 0 Å². The minimum absolute atomic E-state index is 0.155. The first-order valence-electron chi connectivity index (χ1n) is 11.7. The number of thiocarbonyl (C=S) groups is 1. The van der Waals surface area contributed by atoms with E-state index in [0.29, 0.717) is 16.3 Å². The Morgan fingerprint density at radius 2 is 1.35 bits per heavy atom. The Balaban J connectivity index is 1.94. The van der Waals surface area contributed by atoms with E-state index in [4.69, 9.17) is 26.4 Å². The van der Waals surface area contributed by atoms with Gasteiger partial charge in [0.05, 0.1) is 30.9 Å². The quantitative estimate of drug-likeness (QED) is 0.190. The van der Waals surface area contributed by atoms with Crippen LogP contribution in [0.15, 0.2) is 48.5 Å². The lowest BCUT2D eigenvalue weighted by atomic mass is 10.0. The molecule has 8 nitrogen and oxygen atoms in total. The molecule has 2 N–H and O–H groups in total. The van der Waals surface area contributed by atoms with E-state index >= 15 is 0 Å². The number of thiophene rings is 1. The number of hydrogen-bond donors (Lipinski definition) is 2. The Kier molecular flexibility index (Phi) is 9.76. The highest BCUT2D eigenvalue weighted by atomic mass is 32.1. The summed E-state index contributed by atoms with van der Waals surface area (Å²) in [6, 6.07) is 14.0. The molecule has 0 saturated carbocycles. The van der Waals surface area contributed by atoms with Crippen molar-refractivity contribution in [3.63, 3.8) is 0 Å². The van der Waals surface area contributed by atoms with Gasteiger partial charge in [-0.1, -0.05) is 30.3 Å². The molecule has 0 spiro atoms. The third kappa shape index (κ3) is 6.93. The monoisotopic (exact) mass is 540 g/mol. The van der Waals surface area contributed by atoms with Gasteiger partial charge in [0, 0.05) is 16.1 Å². The average Bonchev–Trinajstić information content (AvgIpc) is 3.20. The van der Waals surface area contributed by atoms with Crippen molar-refractivity contribution < 1.29 is 28.6 Å². The summed E-state index contributed by atoms with van der Waals surface area (Å²) >= 11 is 6.89. The van der Waals surface area contributed by atoms with Crippen LogP contribution in [-0.2, 0) is 14.2 Å². The highest BCUT2D eigenvalue weighted by Gasteiger charge is 2.25. The van der Waals surface area contributed by atoms with Crippen LogP contribution in [0.2, 0.25) is 0 Å². The normalized spacial score (nSPS) is 10.4. The van der Waals surface area contributed by atoms with E-state index in [1.54, 1.807) is 20.8 Å². The number of esters is 3. The van der Waals surface area contributed by atoms with Crippen molar-refractivity contribution in [2.75, 3.05) is 30.5 Å². The van der Waals surface area contributed by atoms with Gasteiger partial charge < -0.3 is 24.8 Å². The van der Waals surface area contributed by atoms with Crippen LogP contribution < -0.4 is 10.6 Å². The SMILES string of the molecule is CCOC(=O)c1cc(NC(=S)Nc2sc(C)c(-c3ccccc3)c2C(=O)OCC)cc(C(=O)OCC)c1. The van der Waals surface area contributed by atoms with Crippen LogP contribution in [0.3, 0.4) is 0 Å². The van der Waals surface area contributed by atoms with Crippen LogP contribution >= 0.6 is 23.6 Å². The van der Waals surface area contributed by atoms with Gasteiger partial charge in [0.2, 0.25) is 0 Å². The minimum atomic E-state index is -0.582. The lowest BCUT2D eigenvalue weighted by Crippen LogP contribution is -2.21. The molecule has 37 heavy (non-hydrogen) atoms. The number of anilines is 2. The van der Waals surface area contributed by atoms with Crippen LogP contribution in [0.5, 0.6) is 0 Å². The Labute approximate surface area is 224 Å². The van der Waals surface area contributed by atoms with Crippen molar-refractivity contribution in [3.8, 4) is 11.1 Å². The Bertz CT molecular complexity index is 1270. The van der Waals surface area contributed by atoms with Crippen molar-refractivity contribution in [1.29, 1.82) is 0 Å². The molecule has 2 aromatic carbocycles. The molecule has 1 aromatic heterocycles. The number of nitrogens with one attached hydrogen (secondary N) is 2. The molecule has 0 aliphatic carbocycles. The van der Waals surface area contributed by atoms with Crippen LogP contribution in [0, 0.1) is 6.92 Å². The predicted octanol–water partition coefficient (Wildman–Crippen LogP) is 6.06. The van der Waals surface area contributed by atoms with Crippen molar-refractivity contribution in [3.05, 3.63) is 70.1 Å². The van der Waals surface area contributed by atoms with E-state index in [2.05, 4.69) is 10.6 Å². The molecule has 1 heterocycles. The molecule has 0 saturated heterocycles. The molecule has 0 aliphatic heterocycles. The van der Waals surface area contributed by atoms with Crippen molar-refractivity contribution in [1.82, 2.24) is 0 Å². The smallest absolute Gasteiger partial charge is 0.341 e. The van der Waals surface area contributed by atoms with Crippen LogP contribution in [0.1, 0.15) is 56.7 Å². The summed E-state index contributed by atoms with van der Waals surface area (Å²) in [4.78, 5) is 38.6. The van der Waals surface area contributed by atoms with Crippen LogP contribution in [0.25, 0.3) is 11.1 Å². The van der Waals surface area contributed by atoms with Gasteiger partial charge in [-0.05, 0) is 63.7 Å². The number of hydrogen-bond acceptors (Lipinski definition) is 8. The topological polar surface area (TPSA) is 103 Å². The molecule has 3 rings (SSSR count). The summed E-state index contributed by atoms with van der Waals surface area (Å²) in [6.07, 6.45) is 0. The molecule has 194 valence electrons. The highest BCUT2D eigenvalue weighted by molar-refractivity contribution is 7.80. The molecular weight excluding hydrogens is 512 g/mol. The van der Waals surface area contributed by atoms with E-state index in [-0.39, 0.29) is 36.1 Å². The molecule has 0 atom stereocenters. The zero-order valence-electron chi connectivity index (χ0n) is 21.0. The second-order valence-corrected chi connectivity index (χ2v) is 9.28. The maximum atomic E-state index is 13.0. The fraction of sp³-hybridized carbons (Fsp3) is 0.259. The zero-order chi connectivity index (χ0) is 26.9. The van der Waals surface area contributed by atoms with Crippen molar-refractivity contribution in [2.45, 2.75) is 27.7 Å². The lowest BCUT2D eigenvalue weighted by Gasteiger charge is -2.14. The van der Waals surface area contributed by atoms with Crippen molar-refractivity contribution >= 4 is 57.3 Å². The standard InChI is InChI=1S/C27H28N2O6S2/c1-5-33-24(30)18-13-19(25(31)34-6-2)15-20(14-18)28-27(36)29-23-22(26(32)35-7-3)21(16(4)37-23)17-11-9-8-10-12-17/h8-15H,5-7H2,1-4H3,(H2,28,29,36). The van der Waals surface area contributed by atoms with Crippen molar-refractivity contribution in [2.24, 2.45) is 0 Å². The summed E-state index contributed by atoms with van der Waals surface area (Å²) < 4.78 is 15.5. The van der Waals surface area contributed by atoms with E-state index in [9.17, 15) is 14.4 Å². The summed E-state index contributed by atoms with van der Waals surface area (Å²) in [6.45, 7) is 7.65. The summed E-state index contributed by atoms with van der Waals surface area (Å²) in [5.74, 6) is -1.63. The second-order valence-electron chi connectivity index (χ2n) is 7.64. The zero-order valence-corrected chi connectivity index (χ0v) is 22.6. The fourth-order valence-electron chi connectivity index (χ4n) is 3.61. The number of ether oxygens (including phenoxy) is 3. The molecule has 0 aliphatic rings. The second kappa shape index (κ2) is 13.0. The van der Waals surface area contributed by atoms with E-state index in [1.165, 1.54) is 29.5 Å². The largest absolute Gasteiger partial charge is 0.462 e. The first-order valence-corrected chi connectivity index (χ1v) is 12.9. The Hall–Kier alpha value is -3.76. The molecule has 0 radical (unpaired) electrons. The molecule has 0 unspecified atom stereocenters. The number of aryl methyl sites for hydroxylation is 1. The number of carbonyl (C=O) groups is 3. The first kappa shape index (κ1) is 27.8. The highest BCUT2D eigenvalue weighted by Crippen LogP contribution is 2.40. The minimum Gasteiger partial charge on any atom is -0.462 e. The van der Waals surface area contributed by atoms with Gasteiger partial charge in [0.15, 0.2) is 5.11 Å². The summed E-state index contributed by atoms with van der Waals surface area (Å²) in [5, 5.41) is 6.74.